The van der Waals surface area contributed by atoms with E-state index in [9.17, 15) is 13.2 Å². The van der Waals surface area contributed by atoms with Crippen LogP contribution in [0.1, 0.15) is 0 Å². The maximum absolute atomic E-state index is 9.93. The summed E-state index contributed by atoms with van der Waals surface area (Å²) in [6, 6.07) is -1.46. The van der Waals surface area contributed by atoms with Crippen molar-refractivity contribution in [2.45, 2.75) is 6.04 Å². The Morgan fingerprint density at radius 1 is 1.58 bits per heavy atom. The minimum atomic E-state index is -4.60. The molecule has 7 nitrogen and oxygen atoms in total. The summed E-state index contributed by atoms with van der Waals surface area (Å²) in [5.74, 6) is -1.41. The quantitative estimate of drug-likeness (QED) is 0.366. The van der Waals surface area contributed by atoms with Crippen LogP contribution in [0.2, 0.25) is 0 Å². The second-order valence-corrected chi connectivity index (χ2v) is 2.75. The fourth-order valence-electron chi connectivity index (χ4n) is 0.231. The minimum Gasteiger partial charge on any atom is -0.480 e. The van der Waals surface area contributed by atoms with Gasteiger partial charge in [0.15, 0.2) is 0 Å². The third kappa shape index (κ3) is 9.03. The van der Waals surface area contributed by atoms with E-state index in [4.69, 9.17) is 15.4 Å². The Kier molecular flexibility index (Phi) is 8.22. The van der Waals surface area contributed by atoms with Gasteiger partial charge >= 0.3 is 16.4 Å². The molecular weight excluding hydrogens is 217 g/mol. The molecule has 0 aliphatic heterocycles. The van der Waals surface area contributed by atoms with Gasteiger partial charge in [-0.05, 0) is 0 Å². The first-order valence-corrected chi connectivity index (χ1v) is 3.79. The van der Waals surface area contributed by atoms with Crippen LogP contribution in [0.3, 0.4) is 0 Å². The van der Waals surface area contributed by atoms with Crippen LogP contribution in [-0.4, -0.2) is 88.1 Å². The van der Waals surface area contributed by atoms with Crippen LogP contribution < -0.4 is 5.73 Å². The number of hydrogen-bond donors (Lipinski definition) is 3. The Labute approximate surface area is 112 Å². The molecule has 4 N–H and O–H groups in total. The van der Waals surface area contributed by atoms with E-state index in [-0.39, 0.29) is 51.4 Å². The van der Waals surface area contributed by atoms with Gasteiger partial charge in [-0.25, -0.2) is 4.18 Å². The van der Waals surface area contributed by atoms with Crippen LogP contribution in [0.5, 0.6) is 0 Å². The second kappa shape index (κ2) is 6.40. The molecule has 0 unspecified atom stereocenters. The molecule has 0 fully saturated rings. The van der Waals surface area contributed by atoms with Gasteiger partial charge in [0, 0.05) is 51.4 Å². The fraction of sp³-hybridized carbons (Fsp3) is 0.667. The molecular formula is C3H7KNO6S. The topological polar surface area (TPSA) is 127 Å². The molecule has 0 bridgehead atoms. The van der Waals surface area contributed by atoms with Crippen molar-refractivity contribution in [3.8, 4) is 0 Å². The molecule has 0 saturated heterocycles. The Morgan fingerprint density at radius 2 is 2.00 bits per heavy atom. The average Bonchev–Trinajstić information content (AvgIpc) is 1.80. The van der Waals surface area contributed by atoms with E-state index in [0.717, 1.165) is 0 Å². The normalized spacial score (nSPS) is 13.2. The van der Waals surface area contributed by atoms with Crippen molar-refractivity contribution in [3.63, 3.8) is 0 Å². The number of carboxylic acid groups (broad SMARTS) is 1. The predicted octanol–water partition coefficient (Wildman–Crippen LogP) is -2.16. The van der Waals surface area contributed by atoms with Gasteiger partial charge in [-0.3, -0.25) is 9.35 Å². The van der Waals surface area contributed by atoms with E-state index in [1.165, 1.54) is 0 Å². The zero-order chi connectivity index (χ0) is 9.07. The molecule has 0 heterocycles. The van der Waals surface area contributed by atoms with Gasteiger partial charge < -0.3 is 10.8 Å². The van der Waals surface area contributed by atoms with Crippen molar-refractivity contribution in [2.24, 2.45) is 5.73 Å². The van der Waals surface area contributed by atoms with Gasteiger partial charge in [-0.1, -0.05) is 0 Å². The smallest absolute Gasteiger partial charge is 0.397 e. The molecule has 0 aromatic carbocycles. The Hall–Kier alpha value is 0.936. The zero-order valence-electron chi connectivity index (χ0n) is 6.30. The summed E-state index contributed by atoms with van der Waals surface area (Å²) in [4.78, 5) is 9.93. The molecule has 0 rings (SSSR count). The van der Waals surface area contributed by atoms with Crippen LogP contribution >= 0.6 is 0 Å². The van der Waals surface area contributed by atoms with E-state index in [0.29, 0.717) is 0 Å². The maximum Gasteiger partial charge on any atom is 0.397 e. The first-order chi connectivity index (χ1) is 4.83. The third-order valence-electron chi connectivity index (χ3n) is 0.714. The summed E-state index contributed by atoms with van der Waals surface area (Å²) in [5.41, 5.74) is 4.82. The van der Waals surface area contributed by atoms with Crippen molar-refractivity contribution in [2.75, 3.05) is 6.61 Å². The van der Waals surface area contributed by atoms with Crippen molar-refractivity contribution < 1.29 is 27.1 Å². The molecule has 0 aliphatic carbocycles. The number of rotatable bonds is 4. The van der Waals surface area contributed by atoms with E-state index >= 15 is 0 Å². The minimum absolute atomic E-state index is 0. The molecule has 67 valence electrons. The first-order valence-electron chi connectivity index (χ1n) is 2.43. The number of carboxylic acids is 1. The molecule has 1 radical (unpaired) electrons. The summed E-state index contributed by atoms with van der Waals surface area (Å²) in [7, 11) is -4.60. The fourth-order valence-corrected chi connectivity index (χ4v) is 0.549. The summed E-state index contributed by atoms with van der Waals surface area (Å²) in [6.45, 7) is -0.784. The van der Waals surface area contributed by atoms with Gasteiger partial charge in [0.1, 0.15) is 6.04 Å². The predicted molar refractivity (Wildman–Crippen MR) is 38.9 cm³/mol. The maximum atomic E-state index is 9.93. The summed E-state index contributed by atoms with van der Waals surface area (Å²) in [6.07, 6.45) is 0. The summed E-state index contributed by atoms with van der Waals surface area (Å²) in [5, 5.41) is 8.10. The first kappa shape index (κ1) is 15.4. The molecule has 0 spiro atoms. The van der Waals surface area contributed by atoms with Gasteiger partial charge in [0.25, 0.3) is 0 Å². The third-order valence-corrected chi connectivity index (χ3v) is 1.15. The molecule has 0 amide bonds. The van der Waals surface area contributed by atoms with Gasteiger partial charge in [-0.2, -0.15) is 8.42 Å². The van der Waals surface area contributed by atoms with Gasteiger partial charge in [0.05, 0.1) is 6.61 Å². The van der Waals surface area contributed by atoms with Crippen LogP contribution in [0.4, 0.5) is 0 Å². The number of nitrogens with two attached hydrogens (primary N) is 1. The molecule has 0 aliphatic rings. The Bertz CT molecular complexity index is 237. The second-order valence-electron chi connectivity index (χ2n) is 1.66. The zero-order valence-corrected chi connectivity index (χ0v) is 10.2. The van der Waals surface area contributed by atoms with E-state index in [1.807, 2.05) is 0 Å². The largest absolute Gasteiger partial charge is 0.480 e. The van der Waals surface area contributed by atoms with Crippen molar-refractivity contribution in [1.82, 2.24) is 0 Å². The Morgan fingerprint density at radius 3 is 2.25 bits per heavy atom. The van der Waals surface area contributed by atoms with Crippen molar-refractivity contribution in [3.05, 3.63) is 0 Å². The number of aliphatic carboxylic acids is 1. The van der Waals surface area contributed by atoms with Crippen molar-refractivity contribution >= 4 is 67.8 Å². The molecule has 9 heteroatoms. The molecule has 0 aromatic heterocycles. The summed E-state index contributed by atoms with van der Waals surface area (Å²) < 4.78 is 31.3. The summed E-state index contributed by atoms with van der Waals surface area (Å²) >= 11 is 0. The van der Waals surface area contributed by atoms with E-state index in [1.54, 1.807) is 0 Å². The van der Waals surface area contributed by atoms with Crippen LogP contribution in [0.25, 0.3) is 0 Å². The van der Waals surface area contributed by atoms with Crippen molar-refractivity contribution in [1.29, 1.82) is 0 Å². The molecule has 12 heavy (non-hydrogen) atoms. The standard InChI is InChI=1S/C3H7NO6S.K/c4-2(3(5)6)1-10-11(7,8)9;/h2H,1,4H2,(H,5,6)(H,7,8,9);/t2-;/m0./s1. The monoisotopic (exact) mass is 224 g/mol. The van der Waals surface area contributed by atoms with Crippen LogP contribution in [-0.2, 0) is 19.4 Å². The number of carbonyl (C=O) groups is 1. The average molecular weight is 224 g/mol. The SMILES string of the molecule is N[C@@H](COS(=O)(=O)O)C(=O)O.[K]. The van der Waals surface area contributed by atoms with E-state index < -0.39 is 29.0 Å². The molecule has 0 aromatic rings. The van der Waals surface area contributed by atoms with E-state index in [2.05, 4.69) is 4.18 Å². The Balaban J connectivity index is 0. The molecule has 0 saturated carbocycles. The van der Waals surface area contributed by atoms with Crippen LogP contribution in [0.15, 0.2) is 0 Å². The number of hydrogen-bond acceptors (Lipinski definition) is 5. The molecule has 1 atom stereocenters. The van der Waals surface area contributed by atoms with Crippen LogP contribution in [0, 0.1) is 0 Å². The van der Waals surface area contributed by atoms with Gasteiger partial charge in [-0.15, -0.1) is 0 Å². The van der Waals surface area contributed by atoms with Gasteiger partial charge in [0.2, 0.25) is 0 Å².